The van der Waals surface area contributed by atoms with E-state index in [4.69, 9.17) is 9.84 Å². The van der Waals surface area contributed by atoms with Gasteiger partial charge in [-0.15, -0.1) is 0 Å². The van der Waals surface area contributed by atoms with Crippen LogP contribution in [0.4, 0.5) is 13.2 Å². The zero-order valence-electron chi connectivity index (χ0n) is 10.6. The van der Waals surface area contributed by atoms with E-state index in [-0.39, 0.29) is 5.75 Å². The Hall–Kier alpha value is -1.72. The molecule has 1 N–H and O–H groups in total. The number of hydrogen-bond acceptors (Lipinski definition) is 2. The molecule has 1 aromatic carbocycles. The standard InChI is InChI=1S/C13H15F3O3/c1-8(2)5-6-19-9-3-4-11(13(14,15)16)10(7-9)12(17)18/h3-4,7-8H,5-6H2,1-2H3,(H,17,18). The fourth-order valence-corrected chi connectivity index (χ4v) is 1.45. The summed E-state index contributed by atoms with van der Waals surface area (Å²) in [4.78, 5) is 10.8. The molecule has 0 saturated heterocycles. The van der Waals surface area contributed by atoms with Crippen LogP contribution in [0.5, 0.6) is 5.75 Å². The molecule has 0 aliphatic rings. The number of halogens is 3. The van der Waals surface area contributed by atoms with E-state index in [2.05, 4.69) is 0 Å². The van der Waals surface area contributed by atoms with Crippen LogP contribution in [0.2, 0.25) is 0 Å². The van der Waals surface area contributed by atoms with Gasteiger partial charge in [0.15, 0.2) is 0 Å². The van der Waals surface area contributed by atoms with Crippen LogP contribution in [-0.4, -0.2) is 17.7 Å². The first-order valence-corrected chi connectivity index (χ1v) is 5.79. The predicted octanol–water partition coefficient (Wildman–Crippen LogP) is 3.83. The first kappa shape index (κ1) is 15.3. The SMILES string of the molecule is CC(C)CCOc1ccc(C(F)(F)F)c(C(=O)O)c1. The Balaban J connectivity index is 2.94. The summed E-state index contributed by atoms with van der Waals surface area (Å²) in [5.74, 6) is -1.10. The highest BCUT2D eigenvalue weighted by Crippen LogP contribution is 2.33. The molecule has 3 nitrogen and oxygen atoms in total. The fraction of sp³-hybridized carbons (Fsp3) is 0.462. The van der Waals surface area contributed by atoms with Gasteiger partial charge >= 0.3 is 12.1 Å². The Kier molecular flexibility index (Phi) is 4.80. The number of alkyl halides is 3. The number of hydrogen-bond donors (Lipinski definition) is 1. The second kappa shape index (κ2) is 5.95. The molecule has 0 aromatic heterocycles. The number of carbonyl (C=O) groups is 1. The van der Waals surface area contributed by atoms with Crippen molar-refractivity contribution in [2.75, 3.05) is 6.61 Å². The van der Waals surface area contributed by atoms with E-state index in [1.54, 1.807) is 0 Å². The van der Waals surface area contributed by atoms with E-state index in [1.807, 2.05) is 13.8 Å². The minimum absolute atomic E-state index is 0.131. The third kappa shape index (κ3) is 4.46. The smallest absolute Gasteiger partial charge is 0.417 e. The van der Waals surface area contributed by atoms with E-state index in [9.17, 15) is 18.0 Å². The number of carboxylic acids is 1. The van der Waals surface area contributed by atoms with Crippen LogP contribution in [0.15, 0.2) is 18.2 Å². The summed E-state index contributed by atoms with van der Waals surface area (Å²) in [6.07, 6.45) is -3.95. The van der Waals surface area contributed by atoms with Crippen molar-refractivity contribution in [1.29, 1.82) is 0 Å². The van der Waals surface area contributed by atoms with Gasteiger partial charge in [-0.25, -0.2) is 4.79 Å². The van der Waals surface area contributed by atoms with Crippen molar-refractivity contribution in [3.63, 3.8) is 0 Å². The Morgan fingerprint density at radius 2 is 2.00 bits per heavy atom. The molecule has 0 amide bonds. The van der Waals surface area contributed by atoms with Crippen LogP contribution >= 0.6 is 0 Å². The molecule has 0 aliphatic carbocycles. The molecule has 0 spiro atoms. The summed E-state index contributed by atoms with van der Waals surface area (Å²) in [7, 11) is 0. The summed E-state index contributed by atoms with van der Waals surface area (Å²) in [5, 5.41) is 8.81. The lowest BCUT2D eigenvalue weighted by Gasteiger charge is -2.13. The van der Waals surface area contributed by atoms with Gasteiger partial charge in [0.1, 0.15) is 5.75 Å². The zero-order valence-corrected chi connectivity index (χ0v) is 10.6. The van der Waals surface area contributed by atoms with Gasteiger partial charge in [0.05, 0.1) is 17.7 Å². The average Bonchev–Trinajstić information content (AvgIpc) is 2.26. The van der Waals surface area contributed by atoms with Crippen LogP contribution in [0.3, 0.4) is 0 Å². The lowest BCUT2D eigenvalue weighted by atomic mass is 10.1. The molecule has 1 rings (SSSR count). The summed E-state index contributed by atoms with van der Waals surface area (Å²) >= 11 is 0. The van der Waals surface area contributed by atoms with Gasteiger partial charge in [0.2, 0.25) is 0 Å². The average molecular weight is 276 g/mol. The highest BCUT2D eigenvalue weighted by atomic mass is 19.4. The van der Waals surface area contributed by atoms with Crippen LogP contribution in [0.1, 0.15) is 36.2 Å². The third-order valence-electron chi connectivity index (χ3n) is 2.49. The molecule has 0 bridgehead atoms. The largest absolute Gasteiger partial charge is 0.494 e. The van der Waals surface area contributed by atoms with Gasteiger partial charge in [-0.1, -0.05) is 13.8 Å². The normalized spacial score (nSPS) is 11.7. The van der Waals surface area contributed by atoms with Crippen molar-refractivity contribution in [2.24, 2.45) is 5.92 Å². The minimum atomic E-state index is -4.69. The van der Waals surface area contributed by atoms with E-state index in [0.717, 1.165) is 24.6 Å². The van der Waals surface area contributed by atoms with Crippen molar-refractivity contribution in [3.05, 3.63) is 29.3 Å². The lowest BCUT2D eigenvalue weighted by Crippen LogP contribution is -2.13. The maximum Gasteiger partial charge on any atom is 0.417 e. The lowest BCUT2D eigenvalue weighted by molar-refractivity contribution is -0.138. The predicted molar refractivity (Wildman–Crippen MR) is 63.4 cm³/mol. The Bertz CT molecular complexity index is 453. The van der Waals surface area contributed by atoms with Gasteiger partial charge < -0.3 is 9.84 Å². The number of ether oxygens (including phenoxy) is 1. The molecule has 0 saturated carbocycles. The maximum atomic E-state index is 12.6. The van der Waals surface area contributed by atoms with Crippen molar-refractivity contribution < 1.29 is 27.8 Å². The minimum Gasteiger partial charge on any atom is -0.494 e. The highest BCUT2D eigenvalue weighted by Gasteiger charge is 2.35. The number of aromatic carboxylic acids is 1. The fourth-order valence-electron chi connectivity index (χ4n) is 1.45. The first-order valence-electron chi connectivity index (χ1n) is 5.79. The molecule has 106 valence electrons. The molecule has 0 heterocycles. The van der Waals surface area contributed by atoms with Gasteiger partial charge in [0.25, 0.3) is 0 Å². The summed E-state index contributed by atoms with van der Waals surface area (Å²) in [6, 6.07) is 2.77. The second-order valence-electron chi connectivity index (χ2n) is 4.54. The molecular weight excluding hydrogens is 261 g/mol. The Morgan fingerprint density at radius 3 is 2.47 bits per heavy atom. The number of carboxylic acid groups (broad SMARTS) is 1. The van der Waals surface area contributed by atoms with E-state index in [1.165, 1.54) is 0 Å². The Morgan fingerprint density at radius 1 is 1.37 bits per heavy atom. The molecule has 1 aromatic rings. The van der Waals surface area contributed by atoms with Crippen LogP contribution in [-0.2, 0) is 6.18 Å². The van der Waals surface area contributed by atoms with Crippen molar-refractivity contribution in [3.8, 4) is 5.75 Å². The zero-order chi connectivity index (χ0) is 14.6. The first-order chi connectivity index (χ1) is 8.71. The number of benzene rings is 1. The number of rotatable bonds is 5. The quantitative estimate of drug-likeness (QED) is 0.889. The van der Waals surface area contributed by atoms with Crippen LogP contribution < -0.4 is 4.74 Å². The molecule has 0 aliphatic heterocycles. The third-order valence-corrected chi connectivity index (χ3v) is 2.49. The molecule has 0 unspecified atom stereocenters. The topological polar surface area (TPSA) is 46.5 Å². The van der Waals surface area contributed by atoms with Gasteiger partial charge in [-0.2, -0.15) is 13.2 Å². The molecule has 19 heavy (non-hydrogen) atoms. The van der Waals surface area contributed by atoms with E-state index < -0.39 is 23.3 Å². The molecule has 0 atom stereocenters. The van der Waals surface area contributed by atoms with Gasteiger partial charge in [-0.3, -0.25) is 0 Å². The molecule has 6 heteroatoms. The summed E-state index contributed by atoms with van der Waals surface area (Å²) in [6.45, 7) is 4.31. The van der Waals surface area contributed by atoms with Gasteiger partial charge in [0, 0.05) is 0 Å². The molecule has 0 radical (unpaired) electrons. The Labute approximate surface area is 109 Å². The summed E-state index contributed by atoms with van der Waals surface area (Å²) < 4.78 is 43.0. The van der Waals surface area contributed by atoms with Gasteiger partial charge in [-0.05, 0) is 30.5 Å². The van der Waals surface area contributed by atoms with E-state index in [0.29, 0.717) is 12.5 Å². The second-order valence-corrected chi connectivity index (χ2v) is 4.54. The van der Waals surface area contributed by atoms with Crippen LogP contribution in [0, 0.1) is 5.92 Å². The summed E-state index contributed by atoms with van der Waals surface area (Å²) in [5.41, 5.74) is -1.97. The maximum absolute atomic E-state index is 12.6. The molecular formula is C13H15F3O3. The van der Waals surface area contributed by atoms with Crippen molar-refractivity contribution in [1.82, 2.24) is 0 Å². The highest BCUT2D eigenvalue weighted by molar-refractivity contribution is 5.90. The van der Waals surface area contributed by atoms with Crippen LogP contribution in [0.25, 0.3) is 0 Å². The van der Waals surface area contributed by atoms with E-state index >= 15 is 0 Å². The van der Waals surface area contributed by atoms with Crippen molar-refractivity contribution in [2.45, 2.75) is 26.4 Å². The monoisotopic (exact) mass is 276 g/mol. The van der Waals surface area contributed by atoms with Crippen molar-refractivity contribution >= 4 is 5.97 Å². The molecule has 0 fully saturated rings.